The molecule has 27 heavy (non-hydrogen) atoms. The Hall–Kier alpha value is -1.64. The number of anilines is 2. The normalized spacial score (nSPS) is 14.4. The third-order valence-electron chi connectivity index (χ3n) is 4.56. The molecule has 1 fully saturated rings. The fourth-order valence-electron chi connectivity index (χ4n) is 3.12. The first-order valence-electron chi connectivity index (χ1n) is 9.38. The molecule has 0 atom stereocenters. The second-order valence-electron chi connectivity index (χ2n) is 6.73. The quantitative estimate of drug-likeness (QED) is 0.507. The Labute approximate surface area is 168 Å². The van der Waals surface area contributed by atoms with Crippen molar-refractivity contribution in [2.75, 3.05) is 42.9 Å². The third kappa shape index (κ3) is 5.43. The summed E-state index contributed by atoms with van der Waals surface area (Å²) >= 11 is 5.38. The van der Waals surface area contributed by atoms with Crippen molar-refractivity contribution in [1.82, 2.24) is 9.62 Å². The number of sulfonamides is 1. The topological polar surface area (TPSA) is 64.7 Å². The molecule has 0 spiro atoms. The van der Waals surface area contributed by atoms with Crippen LogP contribution in [0.25, 0.3) is 0 Å². The zero-order valence-electron chi connectivity index (χ0n) is 16.4. The van der Waals surface area contributed by atoms with Gasteiger partial charge in [-0.25, -0.2) is 8.42 Å². The lowest BCUT2D eigenvalue weighted by Crippen LogP contribution is -2.32. The van der Waals surface area contributed by atoms with Crippen LogP contribution in [-0.2, 0) is 10.0 Å². The highest BCUT2D eigenvalue weighted by molar-refractivity contribution is 7.89. The van der Waals surface area contributed by atoms with Crippen molar-refractivity contribution < 1.29 is 8.42 Å². The van der Waals surface area contributed by atoms with Gasteiger partial charge < -0.3 is 15.5 Å². The molecule has 0 aromatic heterocycles. The van der Waals surface area contributed by atoms with E-state index < -0.39 is 10.0 Å². The molecule has 0 unspecified atom stereocenters. The highest BCUT2D eigenvalue weighted by Gasteiger charge is 2.24. The van der Waals surface area contributed by atoms with Crippen molar-refractivity contribution in [1.29, 1.82) is 0 Å². The molecular formula is C19H30N4O2S2. The molecule has 6 nitrogen and oxygen atoms in total. The number of hydrogen-bond acceptors (Lipinski definition) is 4. The SMILES string of the molecule is C=C(C)CNC(=S)Nc1cc(S(=O)(=O)N(CC)CC)ccc1N1CCCC1. The summed E-state index contributed by atoms with van der Waals surface area (Å²) in [5, 5.41) is 6.73. The van der Waals surface area contributed by atoms with Crippen LogP contribution in [0.5, 0.6) is 0 Å². The summed E-state index contributed by atoms with van der Waals surface area (Å²) in [5.74, 6) is 0. The molecule has 2 N–H and O–H groups in total. The summed E-state index contributed by atoms with van der Waals surface area (Å²) in [6.07, 6.45) is 2.27. The van der Waals surface area contributed by atoms with Crippen LogP contribution in [0.4, 0.5) is 11.4 Å². The van der Waals surface area contributed by atoms with Gasteiger partial charge in [0.05, 0.1) is 16.3 Å². The average Bonchev–Trinajstić information content (AvgIpc) is 3.15. The van der Waals surface area contributed by atoms with E-state index in [1.54, 1.807) is 12.1 Å². The van der Waals surface area contributed by atoms with Crippen LogP contribution in [0.3, 0.4) is 0 Å². The van der Waals surface area contributed by atoms with Crippen molar-refractivity contribution in [2.45, 2.75) is 38.5 Å². The van der Waals surface area contributed by atoms with Crippen LogP contribution in [0, 0.1) is 0 Å². The highest BCUT2D eigenvalue weighted by Crippen LogP contribution is 2.32. The van der Waals surface area contributed by atoms with Crippen molar-refractivity contribution in [3.8, 4) is 0 Å². The Morgan fingerprint density at radius 2 is 1.89 bits per heavy atom. The van der Waals surface area contributed by atoms with Crippen LogP contribution in [0.2, 0.25) is 0 Å². The summed E-state index contributed by atoms with van der Waals surface area (Å²) in [6.45, 7) is 12.8. The van der Waals surface area contributed by atoms with Crippen LogP contribution >= 0.6 is 12.2 Å². The molecule has 2 rings (SSSR count). The molecule has 0 aliphatic carbocycles. The summed E-state index contributed by atoms with van der Waals surface area (Å²) in [5.41, 5.74) is 2.66. The van der Waals surface area contributed by atoms with Crippen LogP contribution in [0.15, 0.2) is 35.2 Å². The molecule has 1 heterocycles. The molecule has 0 bridgehead atoms. The second-order valence-corrected chi connectivity index (χ2v) is 9.07. The summed E-state index contributed by atoms with van der Waals surface area (Å²) < 4.78 is 27.3. The van der Waals surface area contributed by atoms with Crippen LogP contribution in [-0.4, -0.2) is 50.6 Å². The number of benzene rings is 1. The van der Waals surface area contributed by atoms with Gasteiger partial charge in [-0.2, -0.15) is 4.31 Å². The fourth-order valence-corrected chi connectivity index (χ4v) is 4.79. The van der Waals surface area contributed by atoms with E-state index in [2.05, 4.69) is 22.1 Å². The standard InChI is InChI=1S/C19H30N4O2S2/c1-5-23(6-2)27(24,25)16-9-10-18(22-11-7-8-12-22)17(13-16)21-19(26)20-14-15(3)4/h9-10,13H,3,5-8,11-12,14H2,1-2,4H3,(H2,20,21,26). The Bertz CT molecular complexity index is 783. The van der Waals surface area contributed by atoms with E-state index in [1.165, 1.54) is 4.31 Å². The summed E-state index contributed by atoms with van der Waals surface area (Å²) in [4.78, 5) is 2.54. The Morgan fingerprint density at radius 1 is 1.26 bits per heavy atom. The van der Waals surface area contributed by atoms with E-state index in [4.69, 9.17) is 12.2 Å². The number of hydrogen-bond donors (Lipinski definition) is 2. The monoisotopic (exact) mass is 410 g/mol. The van der Waals surface area contributed by atoms with Gasteiger partial charge in [0.2, 0.25) is 10.0 Å². The smallest absolute Gasteiger partial charge is 0.243 e. The maximum absolute atomic E-state index is 12.9. The number of nitrogens with one attached hydrogen (secondary N) is 2. The van der Waals surface area contributed by atoms with E-state index in [-0.39, 0.29) is 4.90 Å². The Balaban J connectivity index is 2.36. The molecule has 8 heteroatoms. The van der Waals surface area contributed by atoms with E-state index in [1.807, 2.05) is 26.8 Å². The van der Waals surface area contributed by atoms with Crippen molar-refractivity contribution >= 4 is 38.7 Å². The second kappa shape index (κ2) is 9.52. The van der Waals surface area contributed by atoms with Crippen LogP contribution < -0.4 is 15.5 Å². The molecule has 1 aromatic rings. The minimum Gasteiger partial charge on any atom is -0.370 e. The maximum atomic E-state index is 12.9. The first kappa shape index (κ1) is 21.7. The lowest BCUT2D eigenvalue weighted by atomic mass is 10.2. The van der Waals surface area contributed by atoms with E-state index >= 15 is 0 Å². The van der Waals surface area contributed by atoms with Crippen molar-refractivity contribution in [3.05, 3.63) is 30.4 Å². The van der Waals surface area contributed by atoms with Gasteiger partial charge in [-0.05, 0) is 50.2 Å². The zero-order chi connectivity index (χ0) is 20.0. The van der Waals surface area contributed by atoms with Gasteiger partial charge in [-0.1, -0.05) is 26.0 Å². The minimum atomic E-state index is -3.53. The third-order valence-corrected chi connectivity index (χ3v) is 6.85. The van der Waals surface area contributed by atoms with Crippen molar-refractivity contribution in [3.63, 3.8) is 0 Å². The molecule has 0 amide bonds. The zero-order valence-corrected chi connectivity index (χ0v) is 18.0. The summed E-state index contributed by atoms with van der Waals surface area (Å²) in [6, 6.07) is 5.26. The average molecular weight is 411 g/mol. The molecular weight excluding hydrogens is 380 g/mol. The van der Waals surface area contributed by atoms with Gasteiger partial charge in [0, 0.05) is 32.7 Å². The molecule has 0 radical (unpaired) electrons. The van der Waals surface area contributed by atoms with E-state index in [9.17, 15) is 8.42 Å². The number of nitrogens with zero attached hydrogens (tertiary/aromatic N) is 2. The number of thiocarbonyl (C=S) groups is 1. The Morgan fingerprint density at radius 3 is 2.44 bits per heavy atom. The fraction of sp³-hybridized carbons (Fsp3) is 0.526. The van der Waals surface area contributed by atoms with Crippen LogP contribution in [0.1, 0.15) is 33.6 Å². The first-order chi connectivity index (χ1) is 12.8. The van der Waals surface area contributed by atoms with E-state index in [0.717, 1.165) is 37.2 Å². The predicted octanol–water partition coefficient (Wildman–Crippen LogP) is 3.18. The van der Waals surface area contributed by atoms with E-state index in [0.29, 0.717) is 30.4 Å². The van der Waals surface area contributed by atoms with Gasteiger partial charge in [-0.3, -0.25) is 0 Å². The maximum Gasteiger partial charge on any atom is 0.243 e. The molecule has 1 aromatic carbocycles. The van der Waals surface area contributed by atoms with Gasteiger partial charge in [0.15, 0.2) is 5.11 Å². The van der Waals surface area contributed by atoms with Crippen molar-refractivity contribution in [2.24, 2.45) is 0 Å². The molecule has 1 saturated heterocycles. The number of rotatable bonds is 8. The van der Waals surface area contributed by atoms with Gasteiger partial charge in [0.1, 0.15) is 0 Å². The predicted molar refractivity (Wildman–Crippen MR) is 117 cm³/mol. The molecule has 150 valence electrons. The largest absolute Gasteiger partial charge is 0.370 e. The van der Waals surface area contributed by atoms with Gasteiger partial charge in [0.25, 0.3) is 0 Å². The molecule has 0 saturated carbocycles. The summed E-state index contributed by atoms with van der Waals surface area (Å²) in [7, 11) is -3.53. The molecule has 1 aliphatic heterocycles. The lowest BCUT2D eigenvalue weighted by molar-refractivity contribution is 0.445. The first-order valence-corrected chi connectivity index (χ1v) is 11.2. The van der Waals surface area contributed by atoms with Gasteiger partial charge in [-0.15, -0.1) is 0 Å². The minimum absolute atomic E-state index is 0.277. The highest BCUT2D eigenvalue weighted by atomic mass is 32.2. The lowest BCUT2D eigenvalue weighted by Gasteiger charge is -2.24. The molecule has 1 aliphatic rings. The Kier molecular flexibility index (Phi) is 7.64. The van der Waals surface area contributed by atoms with Gasteiger partial charge >= 0.3 is 0 Å².